The number of methoxy groups -OCH3 is 1. The number of carbonyl (C=O) groups is 1. The van der Waals surface area contributed by atoms with Crippen LogP contribution in [0.3, 0.4) is 0 Å². The first-order valence-corrected chi connectivity index (χ1v) is 6.28. The highest BCUT2D eigenvalue weighted by Gasteiger charge is 2.25. The van der Waals surface area contributed by atoms with Crippen LogP contribution in [0.15, 0.2) is 29.4 Å². The molecule has 1 aromatic carbocycles. The predicted molar refractivity (Wildman–Crippen MR) is 72.5 cm³/mol. The standard InChI is InChI=1S/C11H10N2O2S2/c1-15-9-5-3-2-4-8(9)6-12-13-10(14)7-17-11(13)16/h2-6H,7H2,1H3/b12-6+. The number of carbonyl (C=O) groups excluding carboxylic acids is 1. The first-order chi connectivity index (χ1) is 8.22. The molecule has 17 heavy (non-hydrogen) atoms. The lowest BCUT2D eigenvalue weighted by Crippen LogP contribution is -2.22. The van der Waals surface area contributed by atoms with Crippen molar-refractivity contribution in [1.29, 1.82) is 0 Å². The van der Waals surface area contributed by atoms with E-state index >= 15 is 0 Å². The number of thioether (sulfide) groups is 1. The Morgan fingerprint density at radius 1 is 1.53 bits per heavy atom. The highest BCUT2D eigenvalue weighted by Crippen LogP contribution is 2.20. The first kappa shape index (κ1) is 12.1. The second-order valence-electron chi connectivity index (χ2n) is 3.25. The minimum atomic E-state index is -0.0915. The minimum absolute atomic E-state index is 0.0915. The Hall–Kier alpha value is -1.40. The number of nitrogens with zero attached hydrogens (tertiary/aromatic N) is 2. The van der Waals surface area contributed by atoms with Gasteiger partial charge in [-0.15, -0.1) is 0 Å². The van der Waals surface area contributed by atoms with Gasteiger partial charge < -0.3 is 4.74 Å². The van der Waals surface area contributed by atoms with Gasteiger partial charge in [-0.2, -0.15) is 10.1 Å². The summed E-state index contributed by atoms with van der Waals surface area (Å²) in [6.45, 7) is 0. The molecule has 0 aromatic heterocycles. The molecular formula is C11H10N2O2S2. The van der Waals surface area contributed by atoms with Crippen LogP contribution >= 0.6 is 24.0 Å². The molecule has 1 heterocycles. The summed E-state index contributed by atoms with van der Waals surface area (Å²) in [4.78, 5) is 11.4. The lowest BCUT2D eigenvalue weighted by Gasteiger charge is -2.07. The Kier molecular flexibility index (Phi) is 3.75. The summed E-state index contributed by atoms with van der Waals surface area (Å²) >= 11 is 6.34. The molecule has 0 N–H and O–H groups in total. The summed E-state index contributed by atoms with van der Waals surface area (Å²) in [6, 6.07) is 7.44. The molecule has 88 valence electrons. The third-order valence-electron chi connectivity index (χ3n) is 2.18. The molecule has 1 fully saturated rings. The third kappa shape index (κ3) is 2.65. The van der Waals surface area contributed by atoms with Gasteiger partial charge in [0.25, 0.3) is 5.91 Å². The van der Waals surface area contributed by atoms with Crippen LogP contribution in [0.1, 0.15) is 5.56 Å². The van der Waals surface area contributed by atoms with Crippen LogP contribution in [-0.2, 0) is 4.79 Å². The van der Waals surface area contributed by atoms with Crippen LogP contribution in [0.5, 0.6) is 5.75 Å². The quantitative estimate of drug-likeness (QED) is 0.619. The first-order valence-electron chi connectivity index (χ1n) is 4.89. The van der Waals surface area contributed by atoms with Gasteiger partial charge in [0.1, 0.15) is 5.75 Å². The smallest absolute Gasteiger partial charge is 0.259 e. The van der Waals surface area contributed by atoms with E-state index in [0.29, 0.717) is 15.8 Å². The molecule has 1 aliphatic heterocycles. The Labute approximate surface area is 109 Å². The number of amides is 1. The Morgan fingerprint density at radius 2 is 2.29 bits per heavy atom. The highest BCUT2D eigenvalue weighted by atomic mass is 32.2. The van der Waals surface area contributed by atoms with Crippen molar-refractivity contribution in [3.8, 4) is 5.75 Å². The number of hydrogen-bond acceptors (Lipinski definition) is 5. The van der Waals surface area contributed by atoms with Gasteiger partial charge in [-0.3, -0.25) is 4.79 Å². The van der Waals surface area contributed by atoms with Gasteiger partial charge in [-0.05, 0) is 12.1 Å². The van der Waals surface area contributed by atoms with Crippen LogP contribution in [0.25, 0.3) is 0 Å². The lowest BCUT2D eigenvalue weighted by molar-refractivity contribution is -0.123. The lowest BCUT2D eigenvalue weighted by atomic mass is 10.2. The van der Waals surface area contributed by atoms with Gasteiger partial charge in [0.05, 0.1) is 19.1 Å². The van der Waals surface area contributed by atoms with Crippen molar-refractivity contribution in [3.63, 3.8) is 0 Å². The van der Waals surface area contributed by atoms with E-state index in [4.69, 9.17) is 17.0 Å². The number of para-hydroxylation sites is 1. The zero-order valence-electron chi connectivity index (χ0n) is 9.12. The summed E-state index contributed by atoms with van der Waals surface area (Å²) in [6.07, 6.45) is 1.58. The fraction of sp³-hybridized carbons (Fsp3) is 0.182. The molecule has 6 heteroatoms. The minimum Gasteiger partial charge on any atom is -0.496 e. The van der Waals surface area contributed by atoms with Gasteiger partial charge in [-0.25, -0.2) is 0 Å². The number of hydrogen-bond donors (Lipinski definition) is 0. The van der Waals surface area contributed by atoms with Crippen LogP contribution in [0, 0.1) is 0 Å². The average Bonchev–Trinajstić information content (AvgIpc) is 2.67. The molecule has 1 aliphatic rings. The van der Waals surface area contributed by atoms with Crippen molar-refractivity contribution in [2.75, 3.05) is 12.9 Å². The van der Waals surface area contributed by atoms with Gasteiger partial charge in [0.15, 0.2) is 4.32 Å². The second-order valence-corrected chi connectivity index (χ2v) is 4.86. The maximum Gasteiger partial charge on any atom is 0.259 e. The Morgan fingerprint density at radius 3 is 2.94 bits per heavy atom. The Balaban J connectivity index is 2.20. The van der Waals surface area contributed by atoms with Crippen LogP contribution in [0.2, 0.25) is 0 Å². The van der Waals surface area contributed by atoms with Crippen molar-refractivity contribution in [2.24, 2.45) is 5.10 Å². The molecule has 0 spiro atoms. The van der Waals surface area contributed by atoms with Gasteiger partial charge in [0, 0.05) is 5.56 Å². The Bertz CT molecular complexity index is 472. The summed E-state index contributed by atoms with van der Waals surface area (Å²) in [5.74, 6) is 0.981. The normalized spacial score (nSPS) is 15.9. The molecule has 1 saturated heterocycles. The summed E-state index contributed by atoms with van der Waals surface area (Å²) in [5.41, 5.74) is 0.808. The topological polar surface area (TPSA) is 41.9 Å². The number of thiocarbonyl (C=S) groups is 1. The van der Waals surface area contributed by atoms with E-state index in [1.807, 2.05) is 24.3 Å². The molecule has 0 unspecified atom stereocenters. The molecule has 2 rings (SSSR count). The summed E-state index contributed by atoms with van der Waals surface area (Å²) < 4.78 is 5.67. The number of benzene rings is 1. The van der Waals surface area contributed by atoms with Crippen LogP contribution in [0.4, 0.5) is 0 Å². The maximum atomic E-state index is 11.4. The van der Waals surface area contributed by atoms with E-state index in [-0.39, 0.29) is 5.91 Å². The van der Waals surface area contributed by atoms with E-state index in [1.54, 1.807) is 13.3 Å². The summed E-state index contributed by atoms with van der Waals surface area (Å²) in [7, 11) is 1.59. The zero-order chi connectivity index (χ0) is 12.3. The molecule has 0 bridgehead atoms. The van der Waals surface area contributed by atoms with Gasteiger partial charge in [0.2, 0.25) is 0 Å². The SMILES string of the molecule is COc1ccccc1/C=N/N1C(=O)CSC1=S. The monoisotopic (exact) mass is 266 g/mol. The summed E-state index contributed by atoms with van der Waals surface area (Å²) in [5, 5.41) is 5.32. The molecule has 0 aliphatic carbocycles. The number of rotatable bonds is 3. The molecule has 0 atom stereocenters. The van der Waals surface area contributed by atoms with E-state index < -0.39 is 0 Å². The van der Waals surface area contributed by atoms with Crippen molar-refractivity contribution in [3.05, 3.63) is 29.8 Å². The fourth-order valence-corrected chi connectivity index (χ4v) is 2.32. The molecule has 4 nitrogen and oxygen atoms in total. The van der Waals surface area contributed by atoms with E-state index in [0.717, 1.165) is 5.56 Å². The number of ether oxygens (including phenoxy) is 1. The molecular weight excluding hydrogens is 256 g/mol. The predicted octanol–water partition coefficient (Wildman–Crippen LogP) is 1.89. The third-order valence-corrected chi connectivity index (χ3v) is 3.52. The van der Waals surface area contributed by atoms with E-state index in [9.17, 15) is 4.79 Å². The van der Waals surface area contributed by atoms with Crippen molar-refractivity contribution in [1.82, 2.24) is 5.01 Å². The molecule has 1 aromatic rings. The largest absolute Gasteiger partial charge is 0.496 e. The van der Waals surface area contributed by atoms with Crippen LogP contribution < -0.4 is 4.74 Å². The van der Waals surface area contributed by atoms with E-state index in [2.05, 4.69) is 5.10 Å². The maximum absolute atomic E-state index is 11.4. The van der Waals surface area contributed by atoms with Crippen molar-refractivity contribution in [2.45, 2.75) is 0 Å². The van der Waals surface area contributed by atoms with Crippen molar-refractivity contribution >= 4 is 40.4 Å². The fourth-order valence-electron chi connectivity index (χ4n) is 1.35. The molecule has 1 amide bonds. The van der Waals surface area contributed by atoms with E-state index in [1.165, 1.54) is 16.8 Å². The van der Waals surface area contributed by atoms with Gasteiger partial charge >= 0.3 is 0 Å². The highest BCUT2D eigenvalue weighted by molar-refractivity contribution is 8.23. The van der Waals surface area contributed by atoms with Gasteiger partial charge in [-0.1, -0.05) is 36.1 Å². The van der Waals surface area contributed by atoms with Crippen LogP contribution in [-0.4, -0.2) is 34.3 Å². The van der Waals surface area contributed by atoms with Crippen molar-refractivity contribution < 1.29 is 9.53 Å². The second kappa shape index (κ2) is 5.29. The zero-order valence-corrected chi connectivity index (χ0v) is 10.8. The molecule has 0 saturated carbocycles. The molecule has 0 radical (unpaired) electrons. The average molecular weight is 266 g/mol. The number of hydrazone groups is 1.